The predicted molar refractivity (Wildman–Crippen MR) is 116 cm³/mol. The molecule has 1 aliphatic carbocycles. The summed E-state index contributed by atoms with van der Waals surface area (Å²) in [6.07, 6.45) is 8.29. The van der Waals surface area contributed by atoms with E-state index >= 15 is 0 Å². The molecule has 1 saturated carbocycles. The minimum absolute atomic E-state index is 0.188. The Bertz CT molecular complexity index is 1050. The van der Waals surface area contributed by atoms with Gasteiger partial charge in [0, 0.05) is 45.3 Å². The molecule has 0 N–H and O–H groups in total. The summed E-state index contributed by atoms with van der Waals surface area (Å²) >= 11 is 0. The topological polar surface area (TPSA) is 87.0 Å². The van der Waals surface area contributed by atoms with Crippen molar-refractivity contribution in [1.82, 2.24) is 19.3 Å². The van der Waals surface area contributed by atoms with Crippen molar-refractivity contribution >= 4 is 26.9 Å². The number of nitrogens with zero attached hydrogens (tertiary/aromatic N) is 4. The van der Waals surface area contributed by atoms with Gasteiger partial charge in [-0.15, -0.1) is 0 Å². The summed E-state index contributed by atoms with van der Waals surface area (Å²) in [6, 6.07) is 5.32. The molecule has 8 nitrogen and oxygen atoms in total. The molecule has 3 heterocycles. The van der Waals surface area contributed by atoms with E-state index < -0.39 is 10.0 Å². The van der Waals surface area contributed by atoms with Gasteiger partial charge < -0.3 is 9.42 Å². The minimum atomic E-state index is -3.63. The lowest BCUT2D eigenvalue weighted by atomic mass is 9.94. The Morgan fingerprint density at radius 2 is 1.65 bits per heavy atom. The van der Waals surface area contributed by atoms with Gasteiger partial charge in [-0.2, -0.15) is 4.31 Å². The van der Waals surface area contributed by atoms with Gasteiger partial charge in [-0.25, -0.2) is 8.42 Å². The number of aromatic nitrogens is 1. The number of rotatable bonds is 4. The number of hydrogen-bond acceptors (Lipinski definition) is 6. The number of likely N-dealkylation sites (tertiary alicyclic amines) is 1. The number of hydrogen-bond donors (Lipinski definition) is 0. The molecule has 1 aromatic heterocycles. The average Bonchev–Trinajstić information content (AvgIpc) is 3.49. The Morgan fingerprint density at radius 3 is 2.35 bits per heavy atom. The van der Waals surface area contributed by atoms with Crippen molar-refractivity contribution in [2.24, 2.45) is 0 Å². The van der Waals surface area contributed by atoms with Gasteiger partial charge in [0.15, 0.2) is 11.3 Å². The molecule has 3 aliphatic rings. The Kier molecular flexibility index (Phi) is 5.75. The lowest BCUT2D eigenvalue weighted by Gasteiger charge is -2.40. The first-order chi connectivity index (χ1) is 15.0. The van der Waals surface area contributed by atoms with Gasteiger partial charge >= 0.3 is 0 Å². The van der Waals surface area contributed by atoms with Gasteiger partial charge in [0.2, 0.25) is 10.0 Å². The maximum Gasteiger partial charge on any atom is 0.276 e. The summed E-state index contributed by atoms with van der Waals surface area (Å²) in [4.78, 5) is 17.2. The molecule has 9 heteroatoms. The van der Waals surface area contributed by atoms with E-state index in [2.05, 4.69) is 10.1 Å². The fourth-order valence-corrected chi connectivity index (χ4v) is 6.66. The highest BCUT2D eigenvalue weighted by molar-refractivity contribution is 7.89. The largest absolute Gasteiger partial charge is 0.355 e. The first-order valence-electron chi connectivity index (χ1n) is 11.5. The van der Waals surface area contributed by atoms with Crippen molar-refractivity contribution in [2.75, 3.05) is 39.3 Å². The molecule has 0 radical (unpaired) electrons. The van der Waals surface area contributed by atoms with Gasteiger partial charge in [-0.1, -0.05) is 24.4 Å². The van der Waals surface area contributed by atoms with E-state index in [-0.39, 0.29) is 16.5 Å². The van der Waals surface area contributed by atoms with Crippen molar-refractivity contribution in [3.05, 3.63) is 23.9 Å². The molecule has 2 aliphatic heterocycles. The van der Waals surface area contributed by atoms with E-state index in [1.54, 1.807) is 27.4 Å². The van der Waals surface area contributed by atoms with Crippen LogP contribution < -0.4 is 0 Å². The number of fused-ring (bicyclic) bond motifs is 1. The molecule has 0 atom stereocenters. The third-order valence-corrected chi connectivity index (χ3v) is 8.93. The highest BCUT2D eigenvalue weighted by Gasteiger charge is 2.32. The van der Waals surface area contributed by atoms with E-state index in [9.17, 15) is 13.2 Å². The summed E-state index contributed by atoms with van der Waals surface area (Å²) in [6.45, 7) is 3.96. The second kappa shape index (κ2) is 8.52. The summed E-state index contributed by atoms with van der Waals surface area (Å²) in [5.41, 5.74) is 0.639. The average molecular weight is 447 g/mol. The SMILES string of the molecule is O=C(c1noc2ccc(S(=O)(=O)N3CCN(C4CCCCC4)CC3)cc12)N1CCCC1. The molecule has 3 fully saturated rings. The molecule has 0 unspecified atom stereocenters. The second-order valence-corrected chi connectivity index (χ2v) is 10.9. The second-order valence-electron chi connectivity index (χ2n) is 8.92. The van der Waals surface area contributed by atoms with Crippen LogP contribution in [0.3, 0.4) is 0 Å². The Balaban J connectivity index is 1.34. The zero-order valence-corrected chi connectivity index (χ0v) is 18.6. The van der Waals surface area contributed by atoms with E-state index in [1.165, 1.54) is 32.1 Å². The number of carbonyl (C=O) groups is 1. The van der Waals surface area contributed by atoms with Crippen molar-refractivity contribution in [3.63, 3.8) is 0 Å². The highest BCUT2D eigenvalue weighted by atomic mass is 32.2. The van der Waals surface area contributed by atoms with Gasteiger partial charge in [0.1, 0.15) is 0 Å². The predicted octanol–water partition coefficient (Wildman–Crippen LogP) is 2.70. The number of piperazine rings is 1. The summed E-state index contributed by atoms with van der Waals surface area (Å²) in [7, 11) is -3.63. The van der Waals surface area contributed by atoms with Gasteiger partial charge in [-0.05, 0) is 43.9 Å². The van der Waals surface area contributed by atoms with E-state index in [4.69, 9.17) is 4.52 Å². The number of amides is 1. The van der Waals surface area contributed by atoms with Crippen LogP contribution in [0.25, 0.3) is 11.0 Å². The van der Waals surface area contributed by atoms with E-state index in [0.717, 1.165) is 25.9 Å². The molecule has 0 bridgehead atoms. The summed E-state index contributed by atoms with van der Waals surface area (Å²) < 4.78 is 33.6. The smallest absolute Gasteiger partial charge is 0.276 e. The summed E-state index contributed by atoms with van der Waals surface area (Å²) in [5, 5.41) is 4.43. The Hall–Kier alpha value is -1.97. The Morgan fingerprint density at radius 1 is 0.935 bits per heavy atom. The standard InChI is InChI=1S/C22H30N4O4S/c27-22(25-10-4-5-11-25)21-19-16-18(8-9-20(19)30-23-21)31(28,29)26-14-12-24(13-15-26)17-6-2-1-3-7-17/h8-9,16-17H,1-7,10-15H2. The van der Waals surface area contributed by atoms with Crippen LogP contribution >= 0.6 is 0 Å². The van der Waals surface area contributed by atoms with Gasteiger partial charge in [0.25, 0.3) is 5.91 Å². The number of carbonyl (C=O) groups excluding carboxylic acids is 1. The van der Waals surface area contributed by atoms with Crippen LogP contribution in [0.4, 0.5) is 0 Å². The third kappa shape index (κ3) is 3.99. The molecular weight excluding hydrogens is 416 g/mol. The normalized spacial score (nSPS) is 22.4. The minimum Gasteiger partial charge on any atom is -0.355 e. The van der Waals surface area contributed by atoms with Crippen molar-refractivity contribution < 1.29 is 17.7 Å². The number of sulfonamides is 1. The molecule has 0 spiro atoms. The first-order valence-corrected chi connectivity index (χ1v) is 12.9. The summed E-state index contributed by atoms with van der Waals surface area (Å²) in [5.74, 6) is -0.188. The third-order valence-electron chi connectivity index (χ3n) is 7.04. The highest BCUT2D eigenvalue weighted by Crippen LogP contribution is 2.28. The maximum absolute atomic E-state index is 13.3. The van der Waals surface area contributed by atoms with E-state index in [1.807, 2.05) is 0 Å². The molecular formula is C22H30N4O4S. The molecule has 1 amide bonds. The Labute approximate surface area is 183 Å². The molecule has 31 heavy (non-hydrogen) atoms. The zero-order chi connectivity index (χ0) is 21.4. The lowest BCUT2D eigenvalue weighted by molar-refractivity contribution is 0.0784. The fourth-order valence-electron chi connectivity index (χ4n) is 5.21. The first kappa shape index (κ1) is 20.9. The van der Waals surface area contributed by atoms with E-state index in [0.29, 0.717) is 43.2 Å². The van der Waals surface area contributed by atoms with Crippen LogP contribution in [-0.2, 0) is 10.0 Å². The molecule has 2 saturated heterocycles. The molecule has 2 aromatic rings. The van der Waals surface area contributed by atoms with Crippen molar-refractivity contribution in [1.29, 1.82) is 0 Å². The fraction of sp³-hybridized carbons (Fsp3) is 0.636. The zero-order valence-electron chi connectivity index (χ0n) is 17.8. The van der Waals surface area contributed by atoms with Gasteiger partial charge in [-0.3, -0.25) is 9.69 Å². The lowest BCUT2D eigenvalue weighted by Crippen LogP contribution is -2.52. The van der Waals surface area contributed by atoms with Crippen LogP contribution in [0.1, 0.15) is 55.4 Å². The van der Waals surface area contributed by atoms with Crippen molar-refractivity contribution in [2.45, 2.75) is 55.9 Å². The van der Waals surface area contributed by atoms with Gasteiger partial charge in [0.05, 0.1) is 10.3 Å². The van der Waals surface area contributed by atoms with Crippen LogP contribution in [0.5, 0.6) is 0 Å². The number of benzene rings is 1. The van der Waals surface area contributed by atoms with Crippen LogP contribution in [0.2, 0.25) is 0 Å². The maximum atomic E-state index is 13.3. The van der Waals surface area contributed by atoms with Crippen LogP contribution in [0, 0.1) is 0 Å². The van der Waals surface area contributed by atoms with Crippen LogP contribution in [-0.4, -0.2) is 78.9 Å². The quantitative estimate of drug-likeness (QED) is 0.718. The van der Waals surface area contributed by atoms with Crippen LogP contribution in [0.15, 0.2) is 27.6 Å². The molecule has 168 valence electrons. The molecule has 5 rings (SSSR count). The monoisotopic (exact) mass is 446 g/mol. The van der Waals surface area contributed by atoms with Crippen molar-refractivity contribution in [3.8, 4) is 0 Å². The molecule has 1 aromatic carbocycles.